The van der Waals surface area contributed by atoms with Gasteiger partial charge in [-0.25, -0.2) is 0 Å². The lowest BCUT2D eigenvalue weighted by Crippen LogP contribution is -2.06. The summed E-state index contributed by atoms with van der Waals surface area (Å²) in [6.45, 7) is 0. The molecule has 1 aliphatic rings. The van der Waals surface area contributed by atoms with E-state index in [9.17, 15) is 4.79 Å². The highest BCUT2D eigenvalue weighted by Gasteiger charge is 2.20. The average molecular weight is 199 g/mol. The zero-order valence-electron chi connectivity index (χ0n) is 7.24. The Morgan fingerprint density at radius 1 is 1.54 bits per heavy atom. The molecule has 13 heavy (non-hydrogen) atoms. The number of hydrogen-bond acceptors (Lipinski definition) is 2. The molecule has 70 valence electrons. The predicted octanol–water partition coefficient (Wildman–Crippen LogP) is 2.46. The fourth-order valence-electron chi connectivity index (χ4n) is 1.84. The minimum atomic E-state index is 0.404. The van der Waals surface area contributed by atoms with E-state index in [1.54, 1.807) is 4.68 Å². The Labute approximate surface area is 81.7 Å². The van der Waals surface area contributed by atoms with Crippen molar-refractivity contribution < 1.29 is 4.79 Å². The minimum absolute atomic E-state index is 0.404. The molecule has 1 aromatic heterocycles. The van der Waals surface area contributed by atoms with E-state index >= 15 is 0 Å². The van der Waals surface area contributed by atoms with E-state index in [2.05, 4.69) is 5.10 Å². The van der Waals surface area contributed by atoms with Crippen LogP contribution in [-0.4, -0.2) is 16.1 Å². The number of hydrogen-bond donors (Lipinski definition) is 0. The van der Waals surface area contributed by atoms with Gasteiger partial charge in [0, 0.05) is 0 Å². The number of aromatic nitrogens is 2. The summed E-state index contributed by atoms with van der Waals surface area (Å²) in [6, 6.07) is 0.404. The molecule has 1 heterocycles. The maximum absolute atomic E-state index is 10.5. The molecular weight excluding hydrogens is 188 g/mol. The van der Waals surface area contributed by atoms with Crippen LogP contribution in [0.15, 0.2) is 6.20 Å². The van der Waals surface area contributed by atoms with E-state index in [-0.39, 0.29) is 0 Å². The first-order valence-corrected chi connectivity index (χ1v) is 4.89. The van der Waals surface area contributed by atoms with Gasteiger partial charge in [-0.3, -0.25) is 9.48 Å². The van der Waals surface area contributed by atoms with Gasteiger partial charge < -0.3 is 0 Å². The highest BCUT2D eigenvalue weighted by Crippen LogP contribution is 2.31. The second-order valence-corrected chi connectivity index (χ2v) is 3.75. The van der Waals surface area contributed by atoms with Crippen LogP contribution in [0.2, 0.25) is 5.15 Å². The van der Waals surface area contributed by atoms with Gasteiger partial charge in [-0.15, -0.1) is 0 Å². The number of rotatable bonds is 2. The van der Waals surface area contributed by atoms with Gasteiger partial charge in [-0.1, -0.05) is 24.4 Å². The highest BCUT2D eigenvalue weighted by atomic mass is 35.5. The molecule has 0 aromatic carbocycles. The van der Waals surface area contributed by atoms with Crippen molar-refractivity contribution in [2.24, 2.45) is 0 Å². The molecule has 1 aliphatic carbocycles. The van der Waals surface area contributed by atoms with E-state index in [1.165, 1.54) is 19.0 Å². The van der Waals surface area contributed by atoms with Crippen molar-refractivity contribution in [2.75, 3.05) is 0 Å². The maximum atomic E-state index is 10.5. The van der Waals surface area contributed by atoms with Crippen molar-refractivity contribution in [3.63, 3.8) is 0 Å². The quantitative estimate of drug-likeness (QED) is 0.685. The lowest BCUT2D eigenvalue weighted by atomic mass is 10.2. The molecule has 0 aliphatic heterocycles. The normalized spacial score (nSPS) is 17.9. The average Bonchev–Trinajstić information content (AvgIpc) is 2.72. The second kappa shape index (κ2) is 3.50. The number of carbonyl (C=O) groups excluding carboxylic acids is 1. The predicted molar refractivity (Wildman–Crippen MR) is 50.1 cm³/mol. The van der Waals surface area contributed by atoms with Gasteiger partial charge in [0.15, 0.2) is 6.29 Å². The summed E-state index contributed by atoms with van der Waals surface area (Å²) in [7, 11) is 0. The molecule has 0 unspecified atom stereocenters. The Balaban J connectivity index is 2.29. The Bertz CT molecular complexity index is 315. The third kappa shape index (κ3) is 1.48. The van der Waals surface area contributed by atoms with E-state index in [0.29, 0.717) is 16.8 Å². The number of halogens is 1. The summed E-state index contributed by atoms with van der Waals surface area (Å²) in [4.78, 5) is 10.5. The molecule has 0 bridgehead atoms. The van der Waals surface area contributed by atoms with Gasteiger partial charge in [0.05, 0.1) is 17.8 Å². The molecule has 0 radical (unpaired) electrons. The Kier molecular flexibility index (Phi) is 2.36. The number of aldehydes is 1. The first-order valence-electron chi connectivity index (χ1n) is 4.51. The summed E-state index contributed by atoms with van der Waals surface area (Å²) in [5.41, 5.74) is 0.494. The third-order valence-corrected chi connectivity index (χ3v) is 2.95. The van der Waals surface area contributed by atoms with Crippen LogP contribution >= 0.6 is 11.6 Å². The molecule has 1 fully saturated rings. The molecule has 1 aromatic rings. The number of nitrogens with zero attached hydrogens (tertiary/aromatic N) is 2. The van der Waals surface area contributed by atoms with Crippen molar-refractivity contribution in [1.82, 2.24) is 9.78 Å². The van der Waals surface area contributed by atoms with Crippen molar-refractivity contribution in [3.05, 3.63) is 16.9 Å². The van der Waals surface area contributed by atoms with Crippen LogP contribution in [0.5, 0.6) is 0 Å². The zero-order chi connectivity index (χ0) is 9.26. The second-order valence-electron chi connectivity index (χ2n) is 3.39. The molecule has 0 N–H and O–H groups in total. The fraction of sp³-hybridized carbons (Fsp3) is 0.556. The molecular formula is C9H11ClN2O. The van der Waals surface area contributed by atoms with Crippen molar-refractivity contribution in [2.45, 2.75) is 31.7 Å². The van der Waals surface area contributed by atoms with Crippen LogP contribution in [0.25, 0.3) is 0 Å². The van der Waals surface area contributed by atoms with E-state index in [0.717, 1.165) is 19.1 Å². The summed E-state index contributed by atoms with van der Waals surface area (Å²) < 4.78 is 1.78. The number of carbonyl (C=O) groups is 1. The van der Waals surface area contributed by atoms with Crippen molar-refractivity contribution >= 4 is 17.9 Å². The lowest BCUT2D eigenvalue weighted by Gasteiger charge is -2.10. The molecule has 3 nitrogen and oxygen atoms in total. The van der Waals surface area contributed by atoms with Crippen molar-refractivity contribution in [1.29, 1.82) is 0 Å². The lowest BCUT2D eigenvalue weighted by molar-refractivity contribution is 0.112. The smallest absolute Gasteiger partial charge is 0.154 e. The van der Waals surface area contributed by atoms with Crippen LogP contribution in [0, 0.1) is 0 Å². The van der Waals surface area contributed by atoms with Gasteiger partial charge in [-0.05, 0) is 12.8 Å². The molecule has 2 rings (SSSR count). The van der Waals surface area contributed by atoms with Crippen molar-refractivity contribution in [3.8, 4) is 0 Å². The van der Waals surface area contributed by atoms with Crippen LogP contribution in [-0.2, 0) is 0 Å². The fourth-order valence-corrected chi connectivity index (χ4v) is 2.12. The summed E-state index contributed by atoms with van der Waals surface area (Å²) in [6.07, 6.45) is 7.00. The Morgan fingerprint density at radius 2 is 2.23 bits per heavy atom. The topological polar surface area (TPSA) is 34.9 Å². The van der Waals surface area contributed by atoms with Crippen LogP contribution in [0.4, 0.5) is 0 Å². The van der Waals surface area contributed by atoms with Gasteiger partial charge in [-0.2, -0.15) is 5.10 Å². The van der Waals surface area contributed by atoms with Gasteiger partial charge in [0.1, 0.15) is 5.15 Å². The molecule has 0 saturated heterocycles. The molecule has 0 atom stereocenters. The minimum Gasteiger partial charge on any atom is -0.298 e. The third-order valence-electron chi connectivity index (χ3n) is 2.56. The standard InChI is InChI=1S/C9H11ClN2O/c10-9-7(6-13)5-11-12(9)8-3-1-2-4-8/h5-6,8H,1-4H2. The SMILES string of the molecule is O=Cc1cnn(C2CCCC2)c1Cl. The molecule has 4 heteroatoms. The first kappa shape index (κ1) is 8.75. The summed E-state index contributed by atoms with van der Waals surface area (Å²) in [5.74, 6) is 0. The van der Waals surface area contributed by atoms with Crippen LogP contribution in [0.3, 0.4) is 0 Å². The van der Waals surface area contributed by atoms with Gasteiger partial charge in [0.25, 0.3) is 0 Å². The largest absolute Gasteiger partial charge is 0.298 e. The molecule has 0 spiro atoms. The van der Waals surface area contributed by atoms with E-state index in [1.807, 2.05) is 0 Å². The summed E-state index contributed by atoms with van der Waals surface area (Å²) in [5, 5.41) is 4.61. The van der Waals surface area contributed by atoms with Gasteiger partial charge >= 0.3 is 0 Å². The maximum Gasteiger partial charge on any atom is 0.154 e. The Morgan fingerprint density at radius 3 is 2.77 bits per heavy atom. The van der Waals surface area contributed by atoms with E-state index < -0.39 is 0 Å². The van der Waals surface area contributed by atoms with Crippen LogP contribution in [0.1, 0.15) is 42.1 Å². The Hall–Kier alpha value is -0.830. The summed E-state index contributed by atoms with van der Waals surface area (Å²) >= 11 is 5.97. The zero-order valence-corrected chi connectivity index (χ0v) is 8.00. The molecule has 1 saturated carbocycles. The highest BCUT2D eigenvalue weighted by molar-refractivity contribution is 6.31. The van der Waals surface area contributed by atoms with E-state index in [4.69, 9.17) is 11.6 Å². The first-order chi connectivity index (χ1) is 6.33. The molecule has 0 amide bonds. The van der Waals surface area contributed by atoms with Gasteiger partial charge in [0.2, 0.25) is 0 Å². The van der Waals surface area contributed by atoms with Crippen LogP contribution < -0.4 is 0 Å². The monoisotopic (exact) mass is 198 g/mol.